The number of fused-ring (bicyclic) bond motifs is 1. The van der Waals surface area contributed by atoms with E-state index in [-0.39, 0.29) is 0 Å². The van der Waals surface area contributed by atoms with Crippen molar-refractivity contribution in [2.75, 3.05) is 34.0 Å². The quantitative estimate of drug-likeness (QED) is 0.803. The lowest BCUT2D eigenvalue weighted by molar-refractivity contribution is 0.0854. The number of methoxy groups -OCH3 is 2. The molecule has 1 aromatic carbocycles. The lowest BCUT2D eigenvalue weighted by Crippen LogP contribution is -2.14. The molecule has 0 unspecified atom stereocenters. The number of rotatable bonds is 6. The summed E-state index contributed by atoms with van der Waals surface area (Å²) in [5, 5.41) is 3.91. The Morgan fingerprint density at radius 2 is 2.10 bits per heavy atom. The molecule has 1 fully saturated rings. The Labute approximate surface area is 170 Å². The van der Waals surface area contributed by atoms with Crippen LogP contribution in [0.4, 0.5) is 5.69 Å². The first-order valence-corrected chi connectivity index (χ1v) is 9.75. The second-order valence-corrected chi connectivity index (χ2v) is 6.94. The van der Waals surface area contributed by atoms with Crippen LogP contribution in [-0.4, -0.2) is 55.9 Å². The summed E-state index contributed by atoms with van der Waals surface area (Å²) < 4.78 is 17.3. The molecule has 8 nitrogen and oxygen atoms in total. The van der Waals surface area contributed by atoms with E-state index in [1.54, 1.807) is 25.1 Å². The van der Waals surface area contributed by atoms with Crippen LogP contribution in [0.15, 0.2) is 29.5 Å². The second kappa shape index (κ2) is 10.2. The van der Waals surface area contributed by atoms with Gasteiger partial charge in [0, 0.05) is 44.7 Å². The van der Waals surface area contributed by atoms with Gasteiger partial charge in [0.15, 0.2) is 0 Å². The molecule has 1 amide bonds. The third kappa shape index (κ3) is 5.21. The normalized spacial score (nSPS) is 15.5. The van der Waals surface area contributed by atoms with Crippen molar-refractivity contribution < 1.29 is 19.0 Å². The first-order valence-electron chi connectivity index (χ1n) is 9.75. The number of nitrogens with zero attached hydrogens (tertiary/aromatic N) is 3. The number of aliphatic imine (C=N–C) groups is 1. The molecule has 2 aromatic rings. The third-order valence-electron chi connectivity index (χ3n) is 5.11. The van der Waals surface area contributed by atoms with Crippen molar-refractivity contribution in [1.82, 2.24) is 9.78 Å². The fourth-order valence-electron chi connectivity index (χ4n) is 3.54. The zero-order valence-corrected chi connectivity index (χ0v) is 17.0. The molecule has 0 aliphatic carbocycles. The van der Waals surface area contributed by atoms with Crippen LogP contribution in [0.1, 0.15) is 40.2 Å². The number of benzene rings is 1. The third-order valence-corrected chi connectivity index (χ3v) is 5.11. The van der Waals surface area contributed by atoms with Crippen LogP contribution in [0.5, 0.6) is 5.75 Å². The summed E-state index contributed by atoms with van der Waals surface area (Å²) in [6.07, 6.45) is 8.13. The lowest BCUT2D eigenvalue weighted by atomic mass is 9.89. The molecule has 0 spiro atoms. The maximum atomic E-state index is 10.6. The zero-order chi connectivity index (χ0) is 20.6. The van der Waals surface area contributed by atoms with Gasteiger partial charge in [0.1, 0.15) is 5.75 Å². The molecule has 2 aliphatic heterocycles. The summed E-state index contributed by atoms with van der Waals surface area (Å²) in [5.74, 6) is 1.10. The highest BCUT2D eigenvalue weighted by atomic mass is 16.5. The number of amides is 1. The Hall–Kier alpha value is -2.71. The predicted molar refractivity (Wildman–Crippen MR) is 110 cm³/mol. The van der Waals surface area contributed by atoms with E-state index in [0.717, 1.165) is 43.9 Å². The molecule has 2 N–H and O–H groups in total. The van der Waals surface area contributed by atoms with Crippen molar-refractivity contribution >= 4 is 17.8 Å². The van der Waals surface area contributed by atoms with Crippen LogP contribution in [0.2, 0.25) is 0 Å². The minimum atomic E-state index is -0.460. The molecule has 4 rings (SSSR count). The Bertz CT molecular complexity index is 856. The zero-order valence-electron chi connectivity index (χ0n) is 17.0. The Morgan fingerprint density at radius 3 is 2.76 bits per heavy atom. The summed E-state index contributed by atoms with van der Waals surface area (Å²) in [6, 6.07) is 4.26. The van der Waals surface area contributed by atoms with Gasteiger partial charge in [0.25, 0.3) is 5.91 Å². The summed E-state index contributed by atoms with van der Waals surface area (Å²) in [6.45, 7) is 2.94. The molecule has 0 radical (unpaired) electrons. The van der Waals surface area contributed by atoms with Crippen molar-refractivity contribution in [2.24, 2.45) is 10.7 Å². The largest absolute Gasteiger partial charge is 0.496 e. The van der Waals surface area contributed by atoms with Crippen LogP contribution in [0.25, 0.3) is 0 Å². The van der Waals surface area contributed by atoms with Gasteiger partial charge in [-0.25, -0.2) is 0 Å². The number of primary amides is 1. The van der Waals surface area contributed by atoms with E-state index in [0.29, 0.717) is 24.6 Å². The van der Waals surface area contributed by atoms with Gasteiger partial charge in [-0.1, -0.05) is 6.07 Å². The number of ether oxygens (including phenoxy) is 3. The summed E-state index contributed by atoms with van der Waals surface area (Å²) >= 11 is 0. The van der Waals surface area contributed by atoms with Crippen LogP contribution in [-0.2, 0) is 22.4 Å². The number of carbonyl (C=O) groups is 1. The van der Waals surface area contributed by atoms with Crippen LogP contribution >= 0.6 is 0 Å². The molecule has 156 valence electrons. The number of hydrogen-bond acceptors (Lipinski definition) is 6. The second-order valence-electron chi connectivity index (χ2n) is 6.94. The van der Waals surface area contributed by atoms with Gasteiger partial charge in [0.2, 0.25) is 0 Å². The van der Waals surface area contributed by atoms with Crippen molar-refractivity contribution in [3.8, 4) is 5.75 Å². The average Bonchev–Trinajstić information content (AvgIpc) is 3.42. The standard InChI is InChI=1S/C14H17NO2.C7H11N3O2/c1-16-13-3-2-11(10-5-8-17-9-6-10)14-12(13)4-7-15-14;1-12-3-2-10-5-6(4-9-10)7(8)11/h2-3,7,10H,4-6,8-9H2,1H3;4-5H,2-3H2,1H3,(H2,8,11). The van der Waals surface area contributed by atoms with E-state index in [1.165, 1.54) is 17.3 Å². The van der Waals surface area contributed by atoms with Gasteiger partial charge in [0.05, 0.1) is 37.7 Å². The fourth-order valence-corrected chi connectivity index (χ4v) is 3.54. The van der Waals surface area contributed by atoms with Gasteiger partial charge >= 0.3 is 0 Å². The van der Waals surface area contributed by atoms with Crippen molar-refractivity contribution in [2.45, 2.75) is 31.7 Å². The fraction of sp³-hybridized carbons (Fsp3) is 0.476. The molecule has 1 saturated heterocycles. The van der Waals surface area contributed by atoms with E-state index < -0.39 is 5.91 Å². The lowest BCUT2D eigenvalue weighted by Gasteiger charge is -2.24. The molecule has 0 bridgehead atoms. The average molecular weight is 400 g/mol. The topological polar surface area (TPSA) is 101 Å². The van der Waals surface area contributed by atoms with E-state index in [2.05, 4.69) is 22.2 Å². The Balaban J connectivity index is 0.000000177. The molecule has 8 heteroatoms. The summed E-state index contributed by atoms with van der Waals surface area (Å²) in [4.78, 5) is 15.2. The predicted octanol–water partition coefficient (Wildman–Crippen LogP) is 2.48. The monoisotopic (exact) mass is 400 g/mol. The van der Waals surface area contributed by atoms with Gasteiger partial charge in [-0.05, 0) is 30.4 Å². The van der Waals surface area contributed by atoms with E-state index in [4.69, 9.17) is 19.9 Å². The highest BCUT2D eigenvalue weighted by Crippen LogP contribution is 2.41. The molecular weight excluding hydrogens is 372 g/mol. The van der Waals surface area contributed by atoms with Gasteiger partial charge < -0.3 is 19.9 Å². The van der Waals surface area contributed by atoms with Crippen molar-refractivity contribution in [1.29, 1.82) is 0 Å². The molecule has 0 saturated carbocycles. The first-order chi connectivity index (χ1) is 14.1. The minimum absolute atomic E-state index is 0.422. The first kappa shape index (κ1) is 21.0. The van der Waals surface area contributed by atoms with Gasteiger partial charge in [-0.15, -0.1) is 0 Å². The molecule has 3 heterocycles. The maximum Gasteiger partial charge on any atom is 0.251 e. The number of carbonyl (C=O) groups excluding carboxylic acids is 1. The van der Waals surface area contributed by atoms with E-state index >= 15 is 0 Å². The molecule has 1 aromatic heterocycles. The number of hydrogen-bond donors (Lipinski definition) is 1. The Morgan fingerprint density at radius 1 is 1.31 bits per heavy atom. The van der Waals surface area contributed by atoms with Crippen molar-refractivity contribution in [3.05, 3.63) is 41.2 Å². The molecule has 0 atom stereocenters. The van der Waals surface area contributed by atoms with Crippen LogP contribution in [0.3, 0.4) is 0 Å². The SMILES string of the molecule is COCCn1cc(C(N)=O)cn1.COc1ccc(C2CCOCC2)c2c1CC=N2. The summed E-state index contributed by atoms with van der Waals surface area (Å²) in [7, 11) is 3.33. The number of nitrogens with two attached hydrogens (primary N) is 1. The van der Waals surface area contributed by atoms with Gasteiger partial charge in [-0.2, -0.15) is 5.10 Å². The summed E-state index contributed by atoms with van der Waals surface area (Å²) in [5.41, 5.74) is 9.22. The van der Waals surface area contributed by atoms with E-state index in [1.807, 2.05) is 6.21 Å². The Kier molecular flexibility index (Phi) is 7.37. The molecular formula is C21H28N4O4. The highest BCUT2D eigenvalue weighted by Gasteiger charge is 2.23. The van der Waals surface area contributed by atoms with E-state index in [9.17, 15) is 4.79 Å². The smallest absolute Gasteiger partial charge is 0.251 e. The molecule has 29 heavy (non-hydrogen) atoms. The maximum absolute atomic E-state index is 10.6. The molecule has 2 aliphatic rings. The highest BCUT2D eigenvalue weighted by molar-refractivity contribution is 5.92. The number of aromatic nitrogens is 2. The van der Waals surface area contributed by atoms with Crippen molar-refractivity contribution in [3.63, 3.8) is 0 Å². The van der Waals surface area contributed by atoms with Gasteiger partial charge in [-0.3, -0.25) is 14.5 Å². The van der Waals surface area contributed by atoms with Crippen LogP contribution in [0, 0.1) is 0 Å². The minimum Gasteiger partial charge on any atom is -0.496 e. The van der Waals surface area contributed by atoms with Crippen LogP contribution < -0.4 is 10.5 Å².